The number of likely N-dealkylation sites (tertiary alicyclic amines) is 1. The van der Waals surface area contributed by atoms with Crippen molar-refractivity contribution in [3.8, 4) is 0 Å². The van der Waals surface area contributed by atoms with E-state index in [9.17, 15) is 0 Å². The second-order valence-electron chi connectivity index (χ2n) is 4.35. The highest BCUT2D eigenvalue weighted by molar-refractivity contribution is 4.97. The molecule has 2 N–H and O–H groups in total. The molecule has 1 aliphatic heterocycles. The van der Waals surface area contributed by atoms with Gasteiger partial charge in [-0.15, -0.1) is 0 Å². The Morgan fingerprint density at radius 2 is 2.31 bits per heavy atom. The molecule has 0 aromatic rings. The fourth-order valence-corrected chi connectivity index (χ4v) is 1.92. The fraction of sp³-hybridized carbons (Fsp3) is 0.900. The Morgan fingerprint density at radius 1 is 1.62 bits per heavy atom. The molecule has 0 bridgehead atoms. The molecule has 1 saturated heterocycles. The molecule has 1 rings (SSSR count). The lowest BCUT2D eigenvalue weighted by Gasteiger charge is -2.39. The van der Waals surface area contributed by atoms with E-state index in [1.165, 1.54) is 0 Å². The minimum Gasteiger partial charge on any atom is -0.318 e. The van der Waals surface area contributed by atoms with Crippen molar-refractivity contribution in [2.75, 3.05) is 19.6 Å². The van der Waals surface area contributed by atoms with Gasteiger partial charge in [-0.3, -0.25) is 4.90 Å². The lowest BCUT2D eigenvalue weighted by molar-refractivity contribution is 0.127. The quantitative estimate of drug-likeness (QED) is 0.647. The molecule has 0 radical (unpaired) electrons. The van der Waals surface area contributed by atoms with Crippen LogP contribution in [-0.4, -0.2) is 36.1 Å². The summed E-state index contributed by atoms with van der Waals surface area (Å²) in [5.74, 6) is 0. The van der Waals surface area contributed by atoms with Crippen LogP contribution in [-0.2, 0) is 0 Å². The highest BCUT2D eigenvalue weighted by Gasteiger charge is 2.35. The molecule has 0 saturated carbocycles. The summed E-state index contributed by atoms with van der Waals surface area (Å²) in [7, 11) is 0. The van der Waals surface area contributed by atoms with Gasteiger partial charge in [0.2, 0.25) is 6.54 Å². The maximum atomic E-state index is 6.86. The third-order valence-electron chi connectivity index (χ3n) is 2.76. The molecule has 1 heterocycles. The van der Waals surface area contributed by atoms with Crippen molar-refractivity contribution < 1.29 is 0 Å². The van der Waals surface area contributed by atoms with Gasteiger partial charge in [0, 0.05) is 12.6 Å². The van der Waals surface area contributed by atoms with E-state index in [0.717, 1.165) is 25.9 Å². The van der Waals surface area contributed by atoms with Gasteiger partial charge in [-0.2, -0.15) is 0 Å². The van der Waals surface area contributed by atoms with Gasteiger partial charge < -0.3 is 10.6 Å². The van der Waals surface area contributed by atoms with E-state index in [2.05, 4.69) is 23.6 Å². The first-order valence-corrected chi connectivity index (χ1v) is 4.93. The van der Waals surface area contributed by atoms with Crippen LogP contribution in [0.4, 0.5) is 0 Å². The second-order valence-corrected chi connectivity index (χ2v) is 4.35. The summed E-state index contributed by atoms with van der Waals surface area (Å²) in [5.41, 5.74) is 5.90. The van der Waals surface area contributed by atoms with E-state index in [4.69, 9.17) is 12.3 Å². The largest absolute Gasteiger partial charge is 0.318 e. The Bertz CT molecular complexity index is 207. The zero-order valence-corrected chi connectivity index (χ0v) is 8.58. The lowest BCUT2D eigenvalue weighted by atomic mass is 9.89. The van der Waals surface area contributed by atoms with Gasteiger partial charge in [-0.25, -0.2) is 6.57 Å². The molecule has 74 valence electrons. The highest BCUT2D eigenvalue weighted by Crippen LogP contribution is 2.20. The number of hydrogen-bond donors (Lipinski definition) is 1. The van der Waals surface area contributed by atoms with Gasteiger partial charge in [0.05, 0.1) is 0 Å². The summed E-state index contributed by atoms with van der Waals surface area (Å²) in [6.45, 7) is 13.7. The first kappa shape index (κ1) is 10.5. The molecule has 1 unspecified atom stereocenters. The third-order valence-corrected chi connectivity index (χ3v) is 2.76. The first-order valence-electron chi connectivity index (χ1n) is 4.93. The average molecular weight is 181 g/mol. The van der Waals surface area contributed by atoms with Crippen LogP contribution in [0.3, 0.4) is 0 Å². The number of hydrogen-bond acceptors (Lipinski definition) is 2. The van der Waals surface area contributed by atoms with Crippen molar-refractivity contribution in [3.63, 3.8) is 0 Å². The number of piperidine rings is 1. The fourth-order valence-electron chi connectivity index (χ4n) is 1.92. The van der Waals surface area contributed by atoms with Gasteiger partial charge in [0.1, 0.15) is 5.54 Å². The van der Waals surface area contributed by atoms with E-state index in [1.807, 2.05) is 0 Å². The lowest BCUT2D eigenvalue weighted by Crippen LogP contribution is -2.57. The number of nitrogens with two attached hydrogens (primary N) is 1. The van der Waals surface area contributed by atoms with E-state index >= 15 is 0 Å². The van der Waals surface area contributed by atoms with Crippen LogP contribution < -0.4 is 5.73 Å². The summed E-state index contributed by atoms with van der Waals surface area (Å²) in [5, 5.41) is 0. The average Bonchev–Trinajstić information content (AvgIpc) is 2.04. The molecule has 0 amide bonds. The maximum Gasteiger partial charge on any atom is 0.233 e. The first-order chi connectivity index (χ1) is 6.07. The number of nitrogens with zero attached hydrogens (tertiary/aromatic N) is 2. The summed E-state index contributed by atoms with van der Waals surface area (Å²) < 4.78 is 0. The second kappa shape index (κ2) is 4.08. The van der Waals surface area contributed by atoms with Gasteiger partial charge in [0.15, 0.2) is 0 Å². The molecule has 3 heteroatoms. The van der Waals surface area contributed by atoms with Crippen molar-refractivity contribution in [3.05, 3.63) is 11.4 Å². The molecule has 0 aromatic heterocycles. The smallest absolute Gasteiger partial charge is 0.233 e. The van der Waals surface area contributed by atoms with Gasteiger partial charge in [-0.05, 0) is 33.2 Å². The zero-order valence-electron chi connectivity index (χ0n) is 8.58. The highest BCUT2D eigenvalue weighted by atomic mass is 15.2. The standard InChI is InChI=1S/C10H19N3/c1-9(2)13-6-4-5-10(11,8-13)7-12-3/h9H,4-8,11H2,1-2H3. The molecule has 1 aliphatic rings. The number of rotatable bonds is 2. The SMILES string of the molecule is [C-]#[N+]CC1(N)CCCN(C(C)C)C1. The van der Waals surface area contributed by atoms with E-state index in [1.54, 1.807) is 0 Å². The van der Waals surface area contributed by atoms with Gasteiger partial charge in [-0.1, -0.05) is 0 Å². The third kappa shape index (κ3) is 2.68. The minimum atomic E-state index is -0.246. The monoisotopic (exact) mass is 181 g/mol. The Morgan fingerprint density at radius 3 is 2.85 bits per heavy atom. The summed E-state index contributed by atoms with van der Waals surface area (Å²) in [4.78, 5) is 5.79. The normalized spacial score (nSPS) is 30.4. The van der Waals surface area contributed by atoms with Crippen molar-refractivity contribution in [1.82, 2.24) is 4.90 Å². The Labute approximate surface area is 80.7 Å². The zero-order chi connectivity index (χ0) is 9.90. The van der Waals surface area contributed by atoms with Crippen LogP contribution in [0, 0.1) is 6.57 Å². The summed E-state index contributed by atoms with van der Waals surface area (Å²) in [6.07, 6.45) is 2.13. The van der Waals surface area contributed by atoms with E-state index in [0.29, 0.717) is 12.6 Å². The van der Waals surface area contributed by atoms with Crippen LogP contribution >= 0.6 is 0 Å². The van der Waals surface area contributed by atoms with Crippen molar-refractivity contribution in [2.45, 2.75) is 38.3 Å². The van der Waals surface area contributed by atoms with Crippen LogP contribution in [0.2, 0.25) is 0 Å². The molecule has 0 aliphatic carbocycles. The van der Waals surface area contributed by atoms with Crippen LogP contribution in [0.15, 0.2) is 0 Å². The molecule has 0 spiro atoms. The maximum absolute atomic E-state index is 6.86. The Hall–Kier alpha value is -0.590. The van der Waals surface area contributed by atoms with E-state index < -0.39 is 0 Å². The molecular formula is C10H19N3. The summed E-state index contributed by atoms with van der Waals surface area (Å²) >= 11 is 0. The molecular weight excluding hydrogens is 162 g/mol. The van der Waals surface area contributed by atoms with Gasteiger partial charge >= 0.3 is 0 Å². The molecule has 1 atom stereocenters. The van der Waals surface area contributed by atoms with Crippen molar-refractivity contribution in [2.24, 2.45) is 5.73 Å². The topological polar surface area (TPSA) is 33.6 Å². The van der Waals surface area contributed by atoms with Crippen molar-refractivity contribution >= 4 is 0 Å². The Balaban J connectivity index is 2.55. The predicted molar refractivity (Wildman–Crippen MR) is 54.3 cm³/mol. The van der Waals surface area contributed by atoms with Crippen LogP contribution in [0.5, 0.6) is 0 Å². The minimum absolute atomic E-state index is 0.246. The Kier molecular flexibility index (Phi) is 3.29. The van der Waals surface area contributed by atoms with E-state index in [-0.39, 0.29) is 5.54 Å². The van der Waals surface area contributed by atoms with Crippen LogP contribution in [0.25, 0.3) is 4.85 Å². The molecule has 1 fully saturated rings. The molecule has 3 nitrogen and oxygen atoms in total. The summed E-state index contributed by atoms with van der Waals surface area (Å²) in [6, 6.07) is 0.550. The van der Waals surface area contributed by atoms with Crippen molar-refractivity contribution in [1.29, 1.82) is 0 Å². The molecule has 13 heavy (non-hydrogen) atoms. The van der Waals surface area contributed by atoms with Gasteiger partial charge in [0.25, 0.3) is 0 Å². The van der Waals surface area contributed by atoms with Crippen LogP contribution in [0.1, 0.15) is 26.7 Å². The predicted octanol–water partition coefficient (Wildman–Crippen LogP) is 1.11. The molecule has 0 aromatic carbocycles.